The number of fused-ring (bicyclic) bond motifs is 3. The Hall–Kier alpha value is -5.64. The summed E-state index contributed by atoms with van der Waals surface area (Å²) in [4.78, 5) is 30.2. The molecule has 0 radical (unpaired) electrons. The van der Waals surface area contributed by atoms with Crippen molar-refractivity contribution in [2.24, 2.45) is 5.10 Å². The Morgan fingerprint density at radius 1 is 0.875 bits per heavy atom. The average Bonchev–Trinajstić information content (AvgIpc) is 3.42. The highest BCUT2D eigenvalue weighted by atomic mass is 16.6. The Morgan fingerprint density at radius 3 is 2.33 bits per heavy atom. The Kier molecular flexibility index (Phi) is 5.27. The number of carbonyl (C=O) groups is 1. The molecular weight excluding hydrogens is 508 g/mol. The van der Waals surface area contributed by atoms with Gasteiger partial charge < -0.3 is 4.74 Å². The molecule has 0 bridgehead atoms. The van der Waals surface area contributed by atoms with Gasteiger partial charge in [0.1, 0.15) is 17.8 Å². The van der Waals surface area contributed by atoms with Crippen molar-refractivity contribution in [2.45, 2.75) is 6.92 Å². The molecule has 0 aliphatic carbocycles. The number of amides is 1. The highest BCUT2D eigenvalue weighted by Gasteiger charge is 2.40. The van der Waals surface area contributed by atoms with Crippen molar-refractivity contribution in [1.29, 1.82) is 0 Å². The molecule has 3 aromatic carbocycles. The van der Waals surface area contributed by atoms with E-state index in [0.29, 0.717) is 50.8 Å². The molecule has 0 N–H and O–H groups in total. The van der Waals surface area contributed by atoms with Crippen LogP contribution in [-0.2, 0) is 4.79 Å². The van der Waals surface area contributed by atoms with Gasteiger partial charge in [-0.1, -0.05) is 54.6 Å². The zero-order valence-electron chi connectivity index (χ0n) is 21.2. The standard InChI is InChI=1S/C30H20N6O4/c1-18-25-26(22-16-15-19-9-8-14-24(36(38)39)28(19)31-22)27-23(33-34(29(27)37)20-10-4-2-5-11-20)17-40-30(25)35(32-18)21-12-6-3-7-13-21/h2-16H,17H2,1H3. The normalized spacial score (nSPS) is 14.5. The van der Waals surface area contributed by atoms with E-state index in [9.17, 15) is 14.9 Å². The third-order valence-corrected chi connectivity index (χ3v) is 6.93. The van der Waals surface area contributed by atoms with Gasteiger partial charge in [0.05, 0.1) is 38.8 Å². The number of ether oxygens (including phenoxy) is 1. The molecule has 0 saturated carbocycles. The Bertz CT molecular complexity index is 1910. The second kappa shape index (κ2) is 8.98. The van der Waals surface area contributed by atoms with Gasteiger partial charge in [-0.2, -0.15) is 15.2 Å². The number of hydrazone groups is 1. The van der Waals surface area contributed by atoms with Gasteiger partial charge in [0.15, 0.2) is 0 Å². The number of carbonyl (C=O) groups excluding carboxylic acids is 1. The molecule has 40 heavy (non-hydrogen) atoms. The lowest BCUT2D eigenvalue weighted by atomic mass is 9.93. The van der Waals surface area contributed by atoms with Gasteiger partial charge >= 0.3 is 0 Å². The molecule has 1 amide bonds. The van der Waals surface area contributed by atoms with E-state index in [4.69, 9.17) is 14.8 Å². The van der Waals surface area contributed by atoms with Crippen molar-refractivity contribution in [3.8, 4) is 11.6 Å². The summed E-state index contributed by atoms with van der Waals surface area (Å²) in [5, 5.41) is 23.2. The van der Waals surface area contributed by atoms with Gasteiger partial charge in [-0.25, -0.2) is 9.67 Å². The van der Waals surface area contributed by atoms with Gasteiger partial charge in [0, 0.05) is 17.0 Å². The van der Waals surface area contributed by atoms with E-state index >= 15 is 0 Å². The van der Waals surface area contributed by atoms with Gasteiger partial charge in [-0.3, -0.25) is 14.9 Å². The van der Waals surface area contributed by atoms with Crippen molar-refractivity contribution in [1.82, 2.24) is 14.8 Å². The van der Waals surface area contributed by atoms with Crippen molar-refractivity contribution in [2.75, 3.05) is 11.6 Å². The molecule has 194 valence electrons. The topological polar surface area (TPSA) is 116 Å². The van der Waals surface area contributed by atoms with Crippen LogP contribution in [0.5, 0.6) is 5.88 Å². The number of non-ortho nitro benzene ring substituents is 1. The summed E-state index contributed by atoms with van der Waals surface area (Å²) in [6.45, 7) is 1.86. The molecule has 0 atom stereocenters. The minimum absolute atomic E-state index is 0.0204. The van der Waals surface area contributed by atoms with Gasteiger partial charge in [0.2, 0.25) is 5.88 Å². The predicted octanol–water partition coefficient (Wildman–Crippen LogP) is 5.23. The first-order valence-electron chi connectivity index (χ1n) is 12.6. The number of hydrogen-bond donors (Lipinski definition) is 0. The summed E-state index contributed by atoms with van der Waals surface area (Å²) in [7, 11) is 0. The SMILES string of the molecule is Cc1nn(-c2ccccc2)c2c1C(c1ccc3cccc([N+](=O)[O-])c3n1)=C1C(=O)N(c3ccccc3)N=C1CO2. The van der Waals surface area contributed by atoms with Gasteiger partial charge in [-0.05, 0) is 37.3 Å². The van der Waals surface area contributed by atoms with Gasteiger partial charge in [0.25, 0.3) is 11.6 Å². The van der Waals surface area contributed by atoms with Crippen LogP contribution >= 0.6 is 0 Å². The summed E-state index contributed by atoms with van der Waals surface area (Å²) in [6.07, 6.45) is 0. The predicted molar refractivity (Wildman–Crippen MR) is 150 cm³/mol. The number of para-hydroxylation sites is 3. The summed E-state index contributed by atoms with van der Waals surface area (Å²) >= 11 is 0. The lowest BCUT2D eigenvalue weighted by Gasteiger charge is -2.14. The van der Waals surface area contributed by atoms with Crippen LogP contribution in [0.2, 0.25) is 0 Å². The molecule has 10 nitrogen and oxygen atoms in total. The molecule has 0 fully saturated rings. The number of benzene rings is 3. The number of nitrogens with zero attached hydrogens (tertiary/aromatic N) is 6. The monoisotopic (exact) mass is 528 g/mol. The van der Waals surface area contributed by atoms with Crippen molar-refractivity contribution >= 4 is 39.5 Å². The zero-order valence-corrected chi connectivity index (χ0v) is 21.2. The van der Waals surface area contributed by atoms with Crippen LogP contribution in [0.15, 0.2) is 102 Å². The van der Waals surface area contributed by atoms with Crippen LogP contribution in [0.1, 0.15) is 17.0 Å². The molecule has 7 rings (SSSR count). The molecule has 2 aromatic heterocycles. The maximum Gasteiger partial charge on any atom is 0.295 e. The largest absolute Gasteiger partial charge is 0.471 e. The third-order valence-electron chi connectivity index (χ3n) is 6.93. The van der Waals surface area contributed by atoms with Crippen LogP contribution < -0.4 is 9.75 Å². The lowest BCUT2D eigenvalue weighted by molar-refractivity contribution is -0.383. The quantitative estimate of drug-likeness (QED) is 0.233. The first-order chi connectivity index (χ1) is 19.5. The number of nitro groups is 1. The summed E-state index contributed by atoms with van der Waals surface area (Å²) in [6, 6.07) is 27.0. The third kappa shape index (κ3) is 3.57. The van der Waals surface area contributed by atoms with Crippen LogP contribution in [0.3, 0.4) is 0 Å². The summed E-state index contributed by atoms with van der Waals surface area (Å²) in [5.74, 6) is 0.0933. The highest BCUT2D eigenvalue weighted by Crippen LogP contribution is 2.42. The maximum atomic E-state index is 14.0. The molecule has 0 spiro atoms. The van der Waals surface area contributed by atoms with Crippen LogP contribution in [0.25, 0.3) is 22.2 Å². The molecule has 0 unspecified atom stereocenters. The zero-order chi connectivity index (χ0) is 27.4. The first kappa shape index (κ1) is 23.5. The minimum atomic E-state index is -0.456. The fraction of sp³-hybridized carbons (Fsp3) is 0.0667. The second-order valence-corrected chi connectivity index (χ2v) is 9.35. The summed E-state index contributed by atoms with van der Waals surface area (Å²) in [5.41, 5.74) is 4.29. The van der Waals surface area contributed by atoms with E-state index in [2.05, 4.69) is 5.10 Å². The molecule has 5 aromatic rings. The Balaban J connectivity index is 1.52. The fourth-order valence-electron chi connectivity index (χ4n) is 5.15. The number of rotatable bonds is 4. The highest BCUT2D eigenvalue weighted by molar-refractivity contribution is 6.36. The van der Waals surface area contributed by atoms with E-state index < -0.39 is 4.92 Å². The number of aromatic nitrogens is 3. The smallest absolute Gasteiger partial charge is 0.295 e. The number of nitro benzene ring substituents is 1. The maximum absolute atomic E-state index is 14.0. The van der Waals surface area contributed by atoms with E-state index in [-0.39, 0.29) is 23.7 Å². The van der Waals surface area contributed by atoms with Crippen LogP contribution in [0, 0.1) is 17.0 Å². The van der Waals surface area contributed by atoms with Crippen LogP contribution in [0.4, 0.5) is 11.4 Å². The molecular formula is C30H20N6O4. The molecule has 10 heteroatoms. The van der Waals surface area contributed by atoms with Gasteiger partial charge in [-0.15, -0.1) is 0 Å². The fourth-order valence-corrected chi connectivity index (χ4v) is 5.15. The number of anilines is 1. The number of aryl methyl sites for hydroxylation is 1. The minimum Gasteiger partial charge on any atom is -0.471 e. The number of hydrogen-bond acceptors (Lipinski definition) is 7. The first-order valence-corrected chi connectivity index (χ1v) is 12.6. The lowest BCUT2D eigenvalue weighted by Crippen LogP contribution is -2.22. The second-order valence-electron chi connectivity index (χ2n) is 9.35. The molecule has 2 aliphatic rings. The molecule has 4 heterocycles. The molecule has 0 saturated heterocycles. The van der Waals surface area contributed by atoms with E-state index in [1.54, 1.807) is 41.1 Å². The van der Waals surface area contributed by atoms with Crippen molar-refractivity contribution in [3.63, 3.8) is 0 Å². The Labute approximate surface area is 227 Å². The number of pyridine rings is 1. The Morgan fingerprint density at radius 2 is 1.60 bits per heavy atom. The molecule has 2 aliphatic heterocycles. The summed E-state index contributed by atoms with van der Waals surface area (Å²) < 4.78 is 8.01. The van der Waals surface area contributed by atoms with Crippen molar-refractivity contribution in [3.05, 3.63) is 124 Å². The average molecular weight is 529 g/mol. The van der Waals surface area contributed by atoms with E-state index in [1.165, 1.54) is 11.1 Å². The van der Waals surface area contributed by atoms with E-state index in [0.717, 1.165) is 5.69 Å². The van der Waals surface area contributed by atoms with Crippen LogP contribution in [-0.4, -0.2) is 37.9 Å². The van der Waals surface area contributed by atoms with E-state index in [1.807, 2.05) is 55.5 Å². The van der Waals surface area contributed by atoms with Crippen molar-refractivity contribution < 1.29 is 14.5 Å².